The highest BCUT2D eigenvalue weighted by atomic mass is 16.6. The van der Waals surface area contributed by atoms with Gasteiger partial charge in [0.25, 0.3) is 5.69 Å². The highest BCUT2D eigenvalue weighted by Gasteiger charge is 2.03. The first-order valence-electron chi connectivity index (χ1n) is 4.46. The molecule has 0 aliphatic heterocycles. The van der Waals surface area contributed by atoms with Gasteiger partial charge in [-0.3, -0.25) is 10.1 Å². The minimum Gasteiger partial charge on any atom is -0.447 e. The summed E-state index contributed by atoms with van der Waals surface area (Å²) in [5.41, 5.74) is 0.300. The molecule has 1 aromatic carbocycles. The van der Waals surface area contributed by atoms with Crippen molar-refractivity contribution >= 4 is 17.5 Å². The van der Waals surface area contributed by atoms with Gasteiger partial charge in [-0.2, -0.15) is 0 Å². The van der Waals surface area contributed by atoms with E-state index in [1.807, 2.05) is 0 Å². The van der Waals surface area contributed by atoms with Gasteiger partial charge in [0.15, 0.2) is 0 Å². The number of non-ortho nitro benzene ring substituents is 1. The third-order valence-corrected chi connectivity index (χ3v) is 1.58. The van der Waals surface area contributed by atoms with Crippen LogP contribution >= 0.6 is 0 Å². The highest BCUT2D eigenvalue weighted by Crippen LogP contribution is 2.18. The Kier molecular flexibility index (Phi) is 4.07. The van der Waals surface area contributed by atoms with Crippen molar-refractivity contribution in [2.75, 3.05) is 6.61 Å². The number of ether oxygens (including phenoxy) is 1. The molecule has 7 nitrogen and oxygen atoms in total. The molecule has 84 valence electrons. The van der Waals surface area contributed by atoms with Gasteiger partial charge in [0.05, 0.1) is 17.2 Å². The molecule has 1 amide bonds. The van der Waals surface area contributed by atoms with Gasteiger partial charge in [-0.05, 0) is 19.1 Å². The number of hydrogen-bond acceptors (Lipinski definition) is 5. The van der Waals surface area contributed by atoms with Crippen LogP contribution in [0.3, 0.4) is 0 Å². The van der Waals surface area contributed by atoms with Crippen LogP contribution in [0.2, 0.25) is 0 Å². The Morgan fingerprint density at radius 1 is 1.44 bits per heavy atom. The zero-order valence-electron chi connectivity index (χ0n) is 8.49. The fraction of sp³-hybridized carbons (Fsp3) is 0.222. The molecule has 0 heterocycles. The Labute approximate surface area is 90.9 Å². The van der Waals surface area contributed by atoms with Gasteiger partial charge in [-0.15, -0.1) is 5.11 Å². The van der Waals surface area contributed by atoms with Gasteiger partial charge in [0.1, 0.15) is 0 Å². The lowest BCUT2D eigenvalue weighted by Crippen LogP contribution is -1.95. The maximum absolute atomic E-state index is 10.8. The van der Waals surface area contributed by atoms with Crippen LogP contribution in [0.15, 0.2) is 34.5 Å². The van der Waals surface area contributed by atoms with E-state index in [-0.39, 0.29) is 12.3 Å². The number of amides is 1. The van der Waals surface area contributed by atoms with E-state index in [0.717, 1.165) is 0 Å². The van der Waals surface area contributed by atoms with Crippen LogP contribution in [0.5, 0.6) is 0 Å². The summed E-state index contributed by atoms with van der Waals surface area (Å²) in [6.45, 7) is 1.87. The lowest BCUT2D eigenvalue weighted by molar-refractivity contribution is -0.384. The van der Waals surface area contributed by atoms with Crippen molar-refractivity contribution in [1.82, 2.24) is 0 Å². The Morgan fingerprint density at radius 3 is 2.56 bits per heavy atom. The molecule has 16 heavy (non-hydrogen) atoms. The molecular formula is C9H9N3O4. The van der Waals surface area contributed by atoms with Gasteiger partial charge in [-0.1, -0.05) is 5.11 Å². The molecule has 0 saturated heterocycles. The molecule has 0 N–H and O–H groups in total. The number of nitrogens with zero attached hydrogens (tertiary/aromatic N) is 3. The van der Waals surface area contributed by atoms with E-state index in [2.05, 4.69) is 15.0 Å². The maximum atomic E-state index is 10.8. The quantitative estimate of drug-likeness (QED) is 0.447. The number of rotatable bonds is 3. The van der Waals surface area contributed by atoms with E-state index in [9.17, 15) is 14.9 Å². The Morgan fingerprint density at radius 2 is 2.06 bits per heavy atom. The number of benzene rings is 1. The first kappa shape index (κ1) is 11.8. The monoisotopic (exact) mass is 223 g/mol. The standard InChI is InChI=1S/C9H9N3O4/c1-2-16-9(13)11-10-7-3-5-8(6-4-7)12(14)15/h3-6H,2H2,1H3. The Hall–Kier alpha value is -2.31. The van der Waals surface area contributed by atoms with E-state index in [1.54, 1.807) is 6.92 Å². The number of nitro benzene ring substituents is 1. The predicted octanol–water partition coefficient (Wildman–Crippen LogP) is 2.84. The number of nitro groups is 1. The van der Waals surface area contributed by atoms with E-state index in [0.29, 0.717) is 5.69 Å². The fourth-order valence-corrected chi connectivity index (χ4v) is 0.892. The van der Waals surface area contributed by atoms with Crippen molar-refractivity contribution in [2.24, 2.45) is 10.2 Å². The van der Waals surface area contributed by atoms with E-state index in [4.69, 9.17) is 0 Å². The third-order valence-electron chi connectivity index (χ3n) is 1.58. The third kappa shape index (κ3) is 3.45. The zero-order valence-corrected chi connectivity index (χ0v) is 8.49. The van der Waals surface area contributed by atoms with Crippen molar-refractivity contribution in [3.8, 4) is 0 Å². The average Bonchev–Trinajstić information content (AvgIpc) is 2.27. The summed E-state index contributed by atoms with van der Waals surface area (Å²) in [6.07, 6.45) is -0.791. The highest BCUT2D eigenvalue weighted by molar-refractivity contribution is 5.67. The molecule has 0 aliphatic carbocycles. The summed E-state index contributed by atoms with van der Waals surface area (Å²) in [4.78, 5) is 20.6. The van der Waals surface area contributed by atoms with Gasteiger partial charge in [0, 0.05) is 12.1 Å². The van der Waals surface area contributed by atoms with Crippen LogP contribution in [0.4, 0.5) is 16.2 Å². The summed E-state index contributed by atoms with van der Waals surface area (Å²) in [7, 11) is 0. The number of carbonyl (C=O) groups is 1. The Balaban J connectivity index is 2.68. The van der Waals surface area contributed by atoms with Crippen LogP contribution in [0.25, 0.3) is 0 Å². The van der Waals surface area contributed by atoms with Gasteiger partial charge >= 0.3 is 6.09 Å². The SMILES string of the molecule is CCOC(=O)N=Nc1ccc([N+](=O)[O-])cc1. The maximum Gasteiger partial charge on any atom is 0.452 e. The van der Waals surface area contributed by atoms with Crippen LogP contribution in [0.1, 0.15) is 6.92 Å². The minimum atomic E-state index is -0.791. The fourth-order valence-electron chi connectivity index (χ4n) is 0.892. The number of hydrogen-bond donors (Lipinski definition) is 0. The van der Waals surface area contributed by atoms with Crippen molar-refractivity contribution < 1.29 is 14.5 Å². The Bertz CT molecular complexity index is 413. The van der Waals surface area contributed by atoms with Crippen molar-refractivity contribution in [3.63, 3.8) is 0 Å². The molecule has 0 aliphatic rings. The van der Waals surface area contributed by atoms with Crippen LogP contribution in [-0.2, 0) is 4.74 Å². The largest absolute Gasteiger partial charge is 0.452 e. The zero-order chi connectivity index (χ0) is 12.0. The molecule has 0 unspecified atom stereocenters. The molecule has 0 saturated carbocycles. The molecule has 1 rings (SSSR count). The lowest BCUT2D eigenvalue weighted by Gasteiger charge is -1.94. The molecule has 0 fully saturated rings. The van der Waals surface area contributed by atoms with Crippen LogP contribution < -0.4 is 0 Å². The van der Waals surface area contributed by atoms with E-state index < -0.39 is 11.0 Å². The number of azo groups is 1. The molecule has 0 bridgehead atoms. The van der Waals surface area contributed by atoms with Crippen molar-refractivity contribution in [2.45, 2.75) is 6.92 Å². The lowest BCUT2D eigenvalue weighted by atomic mass is 10.3. The van der Waals surface area contributed by atoms with Crippen LogP contribution in [0, 0.1) is 10.1 Å². The first-order valence-corrected chi connectivity index (χ1v) is 4.46. The number of carbonyl (C=O) groups excluding carboxylic acids is 1. The topological polar surface area (TPSA) is 94.2 Å². The smallest absolute Gasteiger partial charge is 0.447 e. The molecule has 1 aromatic rings. The molecule has 7 heteroatoms. The van der Waals surface area contributed by atoms with Crippen LogP contribution in [-0.4, -0.2) is 17.6 Å². The summed E-state index contributed by atoms with van der Waals surface area (Å²) < 4.78 is 4.52. The second-order valence-electron chi connectivity index (χ2n) is 2.67. The van der Waals surface area contributed by atoms with Gasteiger partial charge in [0.2, 0.25) is 0 Å². The molecule has 0 atom stereocenters. The van der Waals surface area contributed by atoms with Crippen molar-refractivity contribution in [3.05, 3.63) is 34.4 Å². The van der Waals surface area contributed by atoms with Crippen molar-refractivity contribution in [1.29, 1.82) is 0 Å². The second kappa shape index (κ2) is 5.54. The molecule has 0 aromatic heterocycles. The second-order valence-corrected chi connectivity index (χ2v) is 2.67. The predicted molar refractivity (Wildman–Crippen MR) is 54.6 cm³/mol. The minimum absolute atomic E-state index is 0.0462. The summed E-state index contributed by atoms with van der Waals surface area (Å²) in [5, 5.41) is 17.1. The summed E-state index contributed by atoms with van der Waals surface area (Å²) in [6, 6.07) is 5.33. The van der Waals surface area contributed by atoms with E-state index >= 15 is 0 Å². The van der Waals surface area contributed by atoms with Gasteiger partial charge in [-0.25, -0.2) is 4.79 Å². The molecule has 0 spiro atoms. The van der Waals surface area contributed by atoms with Gasteiger partial charge < -0.3 is 4.74 Å². The average molecular weight is 223 g/mol. The van der Waals surface area contributed by atoms with E-state index in [1.165, 1.54) is 24.3 Å². The first-order chi connectivity index (χ1) is 7.63. The summed E-state index contributed by atoms with van der Waals surface area (Å²) >= 11 is 0. The summed E-state index contributed by atoms with van der Waals surface area (Å²) in [5.74, 6) is 0. The molecule has 0 radical (unpaired) electrons. The molecular weight excluding hydrogens is 214 g/mol. The normalized spacial score (nSPS) is 10.3.